The molecule has 7 nitrogen and oxygen atoms in total. The maximum Gasteiger partial charge on any atom is 0.309 e. The molecule has 0 spiro atoms. The first kappa shape index (κ1) is 18.1. The third-order valence-corrected chi connectivity index (χ3v) is 4.70. The van der Waals surface area contributed by atoms with Crippen molar-refractivity contribution in [2.75, 3.05) is 13.2 Å². The first-order chi connectivity index (χ1) is 12.5. The van der Waals surface area contributed by atoms with E-state index < -0.39 is 0 Å². The van der Waals surface area contributed by atoms with Gasteiger partial charge in [0.15, 0.2) is 0 Å². The van der Waals surface area contributed by atoms with E-state index in [1.807, 2.05) is 20.0 Å². The summed E-state index contributed by atoms with van der Waals surface area (Å²) in [6.45, 7) is 5.09. The van der Waals surface area contributed by atoms with Gasteiger partial charge in [-0.1, -0.05) is 0 Å². The molecule has 0 N–H and O–H groups in total. The quantitative estimate of drug-likeness (QED) is 0.709. The topological polar surface area (TPSA) is 77.3 Å². The van der Waals surface area contributed by atoms with Crippen LogP contribution in [0.25, 0.3) is 0 Å². The standard InChI is InChI=1S/C19H24N4O3/c1-4-26-19(25)17-10-15(17)11-23(12-16-9-13(2)22(3)21-16)18(24)14-5-7-20-8-6-14/h5-9,15,17H,4,10-12H2,1-3H3/t15-,17-/m0/s1. The molecule has 7 heteroatoms. The SMILES string of the molecule is CCOC(=O)[C@H]1C[C@H]1CN(Cc1cc(C)n(C)n1)C(=O)c1ccncc1. The van der Waals surface area contributed by atoms with Gasteiger partial charge >= 0.3 is 5.97 Å². The van der Waals surface area contributed by atoms with Crippen LogP contribution in [0.15, 0.2) is 30.6 Å². The van der Waals surface area contributed by atoms with Crippen LogP contribution >= 0.6 is 0 Å². The molecule has 2 aromatic heterocycles. The van der Waals surface area contributed by atoms with Gasteiger partial charge in [0.05, 0.1) is 24.8 Å². The Labute approximate surface area is 153 Å². The van der Waals surface area contributed by atoms with Crippen molar-refractivity contribution < 1.29 is 14.3 Å². The third-order valence-electron chi connectivity index (χ3n) is 4.70. The van der Waals surface area contributed by atoms with Crippen LogP contribution in [0.4, 0.5) is 0 Å². The molecule has 2 aromatic rings. The van der Waals surface area contributed by atoms with E-state index in [2.05, 4.69) is 10.1 Å². The predicted octanol–water partition coefficient (Wildman–Crippen LogP) is 1.97. The van der Waals surface area contributed by atoms with Gasteiger partial charge in [-0.15, -0.1) is 0 Å². The van der Waals surface area contributed by atoms with E-state index in [1.165, 1.54) is 0 Å². The largest absolute Gasteiger partial charge is 0.466 e. The Kier molecular flexibility index (Phi) is 5.35. The Bertz CT molecular complexity index is 768. The number of hydrogen-bond donors (Lipinski definition) is 0. The highest BCUT2D eigenvalue weighted by molar-refractivity contribution is 5.94. The summed E-state index contributed by atoms with van der Waals surface area (Å²) >= 11 is 0. The number of pyridine rings is 1. The summed E-state index contributed by atoms with van der Waals surface area (Å²) in [4.78, 5) is 30.6. The molecule has 0 saturated heterocycles. The normalized spacial score (nSPS) is 18.4. The van der Waals surface area contributed by atoms with Crippen LogP contribution in [0.3, 0.4) is 0 Å². The van der Waals surface area contributed by atoms with E-state index in [-0.39, 0.29) is 23.7 Å². The fourth-order valence-corrected chi connectivity index (χ4v) is 3.07. The summed E-state index contributed by atoms with van der Waals surface area (Å²) in [5.74, 6) is -0.203. The van der Waals surface area contributed by atoms with Crippen LogP contribution in [-0.4, -0.2) is 44.7 Å². The molecular weight excluding hydrogens is 332 g/mol. The molecule has 0 bridgehead atoms. The van der Waals surface area contributed by atoms with Crippen LogP contribution in [0.5, 0.6) is 0 Å². The Morgan fingerprint density at radius 2 is 2.08 bits per heavy atom. The monoisotopic (exact) mass is 356 g/mol. The molecule has 1 aliphatic rings. The minimum atomic E-state index is -0.164. The Hall–Kier alpha value is -2.70. The molecule has 3 rings (SSSR count). The highest BCUT2D eigenvalue weighted by atomic mass is 16.5. The molecule has 26 heavy (non-hydrogen) atoms. The molecule has 0 radical (unpaired) electrons. The number of nitrogens with zero attached hydrogens (tertiary/aromatic N) is 4. The van der Waals surface area contributed by atoms with Gasteiger partial charge in [0.1, 0.15) is 0 Å². The fourth-order valence-electron chi connectivity index (χ4n) is 3.07. The number of rotatable bonds is 7. The van der Waals surface area contributed by atoms with Gasteiger partial charge in [0.25, 0.3) is 5.91 Å². The second-order valence-electron chi connectivity index (χ2n) is 6.68. The lowest BCUT2D eigenvalue weighted by atomic mass is 10.2. The number of ether oxygens (including phenoxy) is 1. The van der Waals surface area contributed by atoms with Gasteiger partial charge in [-0.25, -0.2) is 0 Å². The molecule has 2 atom stereocenters. The number of esters is 1. The lowest BCUT2D eigenvalue weighted by Gasteiger charge is -2.22. The van der Waals surface area contributed by atoms with Crippen molar-refractivity contribution in [1.82, 2.24) is 19.7 Å². The van der Waals surface area contributed by atoms with Crippen molar-refractivity contribution >= 4 is 11.9 Å². The lowest BCUT2D eigenvalue weighted by molar-refractivity contribution is -0.145. The number of amides is 1. The summed E-state index contributed by atoms with van der Waals surface area (Å²) in [6, 6.07) is 5.38. The van der Waals surface area contributed by atoms with Gasteiger partial charge in [0, 0.05) is 37.2 Å². The van der Waals surface area contributed by atoms with E-state index >= 15 is 0 Å². The number of aryl methyl sites for hydroxylation is 2. The van der Waals surface area contributed by atoms with Crippen LogP contribution in [-0.2, 0) is 23.1 Å². The highest BCUT2D eigenvalue weighted by Gasteiger charge is 2.45. The molecular formula is C19H24N4O3. The Morgan fingerprint density at radius 1 is 1.35 bits per heavy atom. The minimum absolute atomic E-state index is 0.0785. The van der Waals surface area contributed by atoms with E-state index in [4.69, 9.17) is 4.74 Å². The molecule has 1 fully saturated rings. The zero-order valence-corrected chi connectivity index (χ0v) is 15.4. The zero-order valence-electron chi connectivity index (χ0n) is 15.4. The molecule has 1 aliphatic carbocycles. The van der Waals surface area contributed by atoms with Crippen molar-refractivity contribution in [1.29, 1.82) is 0 Å². The molecule has 1 amide bonds. The lowest BCUT2D eigenvalue weighted by Crippen LogP contribution is -2.33. The van der Waals surface area contributed by atoms with Crippen molar-refractivity contribution in [2.24, 2.45) is 18.9 Å². The van der Waals surface area contributed by atoms with E-state index in [1.54, 1.807) is 41.0 Å². The number of aromatic nitrogens is 3. The summed E-state index contributed by atoms with van der Waals surface area (Å²) in [7, 11) is 1.88. The summed E-state index contributed by atoms with van der Waals surface area (Å²) in [5.41, 5.74) is 2.45. The molecule has 0 aromatic carbocycles. The van der Waals surface area contributed by atoms with Crippen molar-refractivity contribution in [2.45, 2.75) is 26.8 Å². The average Bonchev–Trinajstić information content (AvgIpc) is 3.33. The van der Waals surface area contributed by atoms with Gasteiger partial charge in [0.2, 0.25) is 0 Å². The van der Waals surface area contributed by atoms with Gasteiger partial charge in [-0.2, -0.15) is 5.10 Å². The predicted molar refractivity (Wildman–Crippen MR) is 95.2 cm³/mol. The minimum Gasteiger partial charge on any atom is -0.466 e. The number of hydrogen-bond acceptors (Lipinski definition) is 5. The number of carbonyl (C=O) groups is 2. The second-order valence-corrected chi connectivity index (χ2v) is 6.68. The van der Waals surface area contributed by atoms with Gasteiger partial charge < -0.3 is 9.64 Å². The van der Waals surface area contributed by atoms with Crippen LogP contribution in [0.1, 0.15) is 35.1 Å². The van der Waals surface area contributed by atoms with Crippen LogP contribution in [0.2, 0.25) is 0 Å². The van der Waals surface area contributed by atoms with E-state index in [0.29, 0.717) is 25.3 Å². The maximum absolute atomic E-state index is 13.0. The van der Waals surface area contributed by atoms with Crippen molar-refractivity contribution in [3.63, 3.8) is 0 Å². The molecule has 0 aliphatic heterocycles. The summed E-state index contributed by atoms with van der Waals surface area (Å²) < 4.78 is 6.89. The van der Waals surface area contributed by atoms with Crippen LogP contribution in [0, 0.1) is 18.8 Å². The average molecular weight is 356 g/mol. The molecule has 138 valence electrons. The van der Waals surface area contributed by atoms with Crippen molar-refractivity contribution in [3.8, 4) is 0 Å². The fraction of sp³-hybridized carbons (Fsp3) is 0.474. The first-order valence-electron chi connectivity index (χ1n) is 8.85. The van der Waals surface area contributed by atoms with Crippen molar-refractivity contribution in [3.05, 3.63) is 47.5 Å². The summed E-state index contributed by atoms with van der Waals surface area (Å²) in [5, 5.41) is 4.46. The van der Waals surface area contributed by atoms with Gasteiger partial charge in [-0.05, 0) is 44.4 Å². The Morgan fingerprint density at radius 3 is 2.69 bits per heavy atom. The van der Waals surface area contributed by atoms with E-state index in [0.717, 1.165) is 17.8 Å². The van der Waals surface area contributed by atoms with E-state index in [9.17, 15) is 9.59 Å². The van der Waals surface area contributed by atoms with Gasteiger partial charge in [-0.3, -0.25) is 19.3 Å². The molecule has 2 heterocycles. The first-order valence-corrected chi connectivity index (χ1v) is 8.85. The Balaban J connectivity index is 1.74. The molecule has 1 saturated carbocycles. The smallest absolute Gasteiger partial charge is 0.309 e. The molecule has 0 unspecified atom stereocenters. The van der Waals surface area contributed by atoms with Crippen LogP contribution < -0.4 is 0 Å². The zero-order chi connectivity index (χ0) is 18.7. The highest BCUT2D eigenvalue weighted by Crippen LogP contribution is 2.40. The number of carbonyl (C=O) groups excluding carboxylic acids is 2. The summed E-state index contributed by atoms with van der Waals surface area (Å²) in [6.07, 6.45) is 3.98. The second kappa shape index (κ2) is 7.68. The third kappa shape index (κ3) is 4.09. The maximum atomic E-state index is 13.0.